The average molecular weight is 257 g/mol. The molecule has 0 bridgehead atoms. The zero-order valence-electron chi connectivity index (χ0n) is 9.77. The van der Waals surface area contributed by atoms with E-state index >= 15 is 0 Å². The lowest BCUT2D eigenvalue weighted by atomic mass is 10.0. The fraction of sp³-hybridized carbons (Fsp3) is 0. The van der Waals surface area contributed by atoms with Crippen LogP contribution in [0, 0.1) is 23.0 Å². The lowest BCUT2D eigenvalue weighted by molar-refractivity contribution is 0.581. The van der Waals surface area contributed by atoms with E-state index in [0.29, 0.717) is 5.56 Å². The van der Waals surface area contributed by atoms with E-state index in [1.54, 1.807) is 18.3 Å². The van der Waals surface area contributed by atoms with E-state index in [2.05, 4.69) is 4.98 Å². The molecule has 1 aromatic heterocycles. The van der Waals surface area contributed by atoms with Crippen molar-refractivity contribution >= 4 is 11.3 Å². The minimum Gasteiger partial charge on any atom is -0.397 e. The summed E-state index contributed by atoms with van der Waals surface area (Å²) in [5.41, 5.74) is 6.31. The minimum atomic E-state index is -0.811. The van der Waals surface area contributed by atoms with Crippen LogP contribution < -0.4 is 5.73 Å². The van der Waals surface area contributed by atoms with Crippen LogP contribution in [0.3, 0.4) is 0 Å². The van der Waals surface area contributed by atoms with E-state index in [1.807, 2.05) is 6.07 Å². The molecular weight excluding hydrogens is 248 g/mol. The summed E-state index contributed by atoms with van der Waals surface area (Å²) in [6.07, 6.45) is 3.00. The largest absolute Gasteiger partial charge is 0.397 e. The van der Waals surface area contributed by atoms with Crippen molar-refractivity contribution < 1.29 is 8.78 Å². The molecular formula is C14H9F2N3. The molecule has 3 nitrogen and oxygen atoms in total. The summed E-state index contributed by atoms with van der Waals surface area (Å²) in [6, 6.07) is 8.20. The van der Waals surface area contributed by atoms with Crippen molar-refractivity contribution in [1.29, 1.82) is 5.26 Å². The monoisotopic (exact) mass is 257 g/mol. The Kier molecular flexibility index (Phi) is 3.53. The number of nitriles is 1. The van der Waals surface area contributed by atoms with E-state index in [9.17, 15) is 8.78 Å². The first kappa shape index (κ1) is 12.7. The highest BCUT2D eigenvalue weighted by Gasteiger charge is 2.12. The first-order valence-corrected chi connectivity index (χ1v) is 5.39. The van der Waals surface area contributed by atoms with Gasteiger partial charge in [0.05, 0.1) is 11.3 Å². The Bertz CT molecular complexity index is 673. The molecule has 0 atom stereocenters. The van der Waals surface area contributed by atoms with Gasteiger partial charge in [0, 0.05) is 29.6 Å². The molecule has 0 aliphatic heterocycles. The molecule has 0 saturated heterocycles. The van der Waals surface area contributed by atoms with Crippen molar-refractivity contribution in [2.45, 2.75) is 0 Å². The Labute approximate surface area is 108 Å². The van der Waals surface area contributed by atoms with Crippen LogP contribution in [-0.2, 0) is 0 Å². The van der Waals surface area contributed by atoms with Gasteiger partial charge in [0.25, 0.3) is 0 Å². The molecule has 2 N–H and O–H groups in total. The highest BCUT2D eigenvalue weighted by atomic mass is 19.1. The summed E-state index contributed by atoms with van der Waals surface area (Å²) in [7, 11) is 0. The van der Waals surface area contributed by atoms with Crippen LogP contribution in [0.25, 0.3) is 11.3 Å². The summed E-state index contributed by atoms with van der Waals surface area (Å²) >= 11 is 0. The second kappa shape index (κ2) is 5.27. The summed E-state index contributed by atoms with van der Waals surface area (Å²) in [6.45, 7) is 0. The Morgan fingerprint density at radius 3 is 2.63 bits per heavy atom. The summed E-state index contributed by atoms with van der Waals surface area (Å²) < 4.78 is 26.5. The van der Waals surface area contributed by atoms with Crippen molar-refractivity contribution in [2.24, 2.45) is 5.73 Å². The maximum Gasteiger partial charge on any atom is 0.135 e. The molecule has 0 aliphatic rings. The van der Waals surface area contributed by atoms with E-state index < -0.39 is 11.6 Å². The maximum absolute atomic E-state index is 13.6. The number of nitrogens with zero attached hydrogens (tertiary/aromatic N) is 2. The molecule has 2 aromatic rings. The molecule has 0 aliphatic carbocycles. The number of hydrogen-bond acceptors (Lipinski definition) is 3. The standard InChI is InChI=1S/C14H9F2N3/c15-10-3-4-11(13(16)6-10)14(18)12(7-17)9-2-1-5-19-8-9/h1-6,8H,18H2/b14-12-. The van der Waals surface area contributed by atoms with Gasteiger partial charge in [-0.2, -0.15) is 5.26 Å². The SMILES string of the molecule is N#C/C(=C(/N)c1ccc(F)cc1F)c1cccnc1. The summed E-state index contributed by atoms with van der Waals surface area (Å²) in [5.74, 6) is -1.51. The maximum atomic E-state index is 13.6. The normalized spacial score (nSPS) is 11.6. The Morgan fingerprint density at radius 1 is 1.26 bits per heavy atom. The third kappa shape index (κ3) is 2.58. The third-order valence-electron chi connectivity index (χ3n) is 2.55. The predicted octanol–water partition coefficient (Wildman–Crippen LogP) is 2.71. The number of hydrogen-bond donors (Lipinski definition) is 1. The number of nitrogens with two attached hydrogens (primary N) is 1. The quantitative estimate of drug-likeness (QED) is 0.841. The van der Waals surface area contributed by atoms with Crippen LogP contribution in [0.1, 0.15) is 11.1 Å². The number of pyridine rings is 1. The molecule has 1 heterocycles. The molecule has 19 heavy (non-hydrogen) atoms. The molecule has 0 fully saturated rings. The van der Waals surface area contributed by atoms with Crippen molar-refractivity contribution in [3.8, 4) is 6.07 Å². The first-order valence-electron chi connectivity index (χ1n) is 5.39. The summed E-state index contributed by atoms with van der Waals surface area (Å²) in [4.78, 5) is 3.87. The molecule has 0 spiro atoms. The second-order valence-corrected chi connectivity index (χ2v) is 3.77. The Hall–Kier alpha value is -2.74. The van der Waals surface area contributed by atoms with E-state index in [1.165, 1.54) is 12.3 Å². The minimum absolute atomic E-state index is 0.0122. The lowest BCUT2D eigenvalue weighted by Crippen LogP contribution is -2.03. The van der Waals surface area contributed by atoms with Crippen molar-refractivity contribution in [2.75, 3.05) is 0 Å². The molecule has 0 radical (unpaired) electrons. The van der Waals surface area contributed by atoms with Gasteiger partial charge in [0.15, 0.2) is 0 Å². The predicted molar refractivity (Wildman–Crippen MR) is 67.2 cm³/mol. The van der Waals surface area contributed by atoms with Gasteiger partial charge in [-0.25, -0.2) is 8.78 Å². The Balaban J connectivity index is 2.59. The third-order valence-corrected chi connectivity index (χ3v) is 2.55. The Morgan fingerprint density at radius 2 is 2.05 bits per heavy atom. The molecule has 94 valence electrons. The average Bonchev–Trinajstić information content (AvgIpc) is 2.40. The van der Waals surface area contributed by atoms with Gasteiger partial charge in [0.1, 0.15) is 17.7 Å². The van der Waals surface area contributed by atoms with E-state index in [0.717, 1.165) is 12.1 Å². The smallest absolute Gasteiger partial charge is 0.135 e. The lowest BCUT2D eigenvalue weighted by Gasteiger charge is -2.07. The van der Waals surface area contributed by atoms with Gasteiger partial charge in [-0.1, -0.05) is 6.07 Å². The van der Waals surface area contributed by atoms with Crippen LogP contribution in [-0.4, -0.2) is 4.98 Å². The van der Waals surface area contributed by atoms with Gasteiger partial charge < -0.3 is 5.73 Å². The fourth-order valence-electron chi connectivity index (χ4n) is 1.63. The topological polar surface area (TPSA) is 62.7 Å². The number of aromatic nitrogens is 1. The van der Waals surface area contributed by atoms with Crippen LogP contribution in [0.4, 0.5) is 8.78 Å². The second-order valence-electron chi connectivity index (χ2n) is 3.77. The molecule has 1 aromatic carbocycles. The van der Waals surface area contributed by atoms with Gasteiger partial charge in [-0.3, -0.25) is 4.98 Å². The summed E-state index contributed by atoms with van der Waals surface area (Å²) in [5, 5.41) is 9.14. The molecule has 0 saturated carbocycles. The molecule has 2 rings (SSSR count). The van der Waals surface area contributed by atoms with Gasteiger partial charge in [-0.15, -0.1) is 0 Å². The first-order chi connectivity index (χ1) is 9.13. The number of rotatable bonds is 2. The zero-order chi connectivity index (χ0) is 13.8. The van der Waals surface area contributed by atoms with Crippen LogP contribution in [0.15, 0.2) is 42.7 Å². The number of benzene rings is 1. The molecule has 0 amide bonds. The highest BCUT2D eigenvalue weighted by molar-refractivity contribution is 5.95. The van der Waals surface area contributed by atoms with Gasteiger partial charge in [-0.05, 0) is 18.2 Å². The molecule has 5 heteroatoms. The van der Waals surface area contributed by atoms with E-state index in [4.69, 9.17) is 11.0 Å². The van der Waals surface area contributed by atoms with Gasteiger partial charge >= 0.3 is 0 Å². The fourth-order valence-corrected chi connectivity index (χ4v) is 1.63. The van der Waals surface area contributed by atoms with Crippen molar-refractivity contribution in [3.63, 3.8) is 0 Å². The van der Waals surface area contributed by atoms with Crippen molar-refractivity contribution in [1.82, 2.24) is 4.98 Å². The van der Waals surface area contributed by atoms with Crippen LogP contribution in [0.2, 0.25) is 0 Å². The number of halogens is 2. The molecule has 0 unspecified atom stereocenters. The van der Waals surface area contributed by atoms with Crippen LogP contribution in [0.5, 0.6) is 0 Å². The zero-order valence-corrected chi connectivity index (χ0v) is 9.77. The van der Waals surface area contributed by atoms with E-state index in [-0.39, 0.29) is 16.8 Å². The number of allylic oxidation sites excluding steroid dienone is 1. The van der Waals surface area contributed by atoms with Gasteiger partial charge in [0.2, 0.25) is 0 Å². The van der Waals surface area contributed by atoms with Crippen molar-refractivity contribution in [3.05, 3.63) is 65.5 Å². The highest BCUT2D eigenvalue weighted by Crippen LogP contribution is 2.23. The van der Waals surface area contributed by atoms with Crippen LogP contribution >= 0.6 is 0 Å².